The molecule has 156 valence electrons. The zero-order valence-corrected chi connectivity index (χ0v) is 16.3. The SMILES string of the molecule is NC(=O)c1cc(F)c(NC2CCCCC2N)nc1Nc1ccnc(-c2ccco2)c1. The van der Waals surface area contributed by atoms with Crippen molar-refractivity contribution >= 4 is 23.2 Å². The molecule has 0 radical (unpaired) electrons. The molecule has 2 unspecified atom stereocenters. The van der Waals surface area contributed by atoms with E-state index in [9.17, 15) is 9.18 Å². The van der Waals surface area contributed by atoms with Crippen molar-refractivity contribution in [3.05, 3.63) is 54.2 Å². The van der Waals surface area contributed by atoms with Crippen molar-refractivity contribution < 1.29 is 13.6 Å². The molecule has 1 fully saturated rings. The summed E-state index contributed by atoms with van der Waals surface area (Å²) in [6.45, 7) is 0. The Balaban J connectivity index is 1.64. The van der Waals surface area contributed by atoms with Crippen LogP contribution in [-0.2, 0) is 0 Å². The number of nitrogens with one attached hydrogen (secondary N) is 2. The van der Waals surface area contributed by atoms with Gasteiger partial charge < -0.3 is 26.5 Å². The number of halogens is 1. The van der Waals surface area contributed by atoms with Gasteiger partial charge in [0.1, 0.15) is 11.5 Å². The molecule has 3 aromatic rings. The Kier molecular flexibility index (Phi) is 5.62. The largest absolute Gasteiger partial charge is 0.463 e. The number of amides is 1. The van der Waals surface area contributed by atoms with Crippen molar-refractivity contribution in [2.24, 2.45) is 11.5 Å². The molecule has 0 bridgehead atoms. The van der Waals surface area contributed by atoms with Crippen LogP contribution in [0.3, 0.4) is 0 Å². The Morgan fingerprint density at radius 3 is 2.77 bits per heavy atom. The van der Waals surface area contributed by atoms with E-state index >= 15 is 0 Å². The average molecular weight is 410 g/mol. The van der Waals surface area contributed by atoms with Crippen molar-refractivity contribution in [3.63, 3.8) is 0 Å². The summed E-state index contributed by atoms with van der Waals surface area (Å²) >= 11 is 0. The van der Waals surface area contributed by atoms with Gasteiger partial charge in [-0.05, 0) is 43.2 Å². The minimum absolute atomic E-state index is 0.0326. The Morgan fingerprint density at radius 2 is 2.03 bits per heavy atom. The minimum atomic E-state index is -0.787. The number of hydrogen-bond acceptors (Lipinski definition) is 7. The van der Waals surface area contributed by atoms with Crippen LogP contribution in [0.5, 0.6) is 0 Å². The zero-order chi connectivity index (χ0) is 21.1. The maximum atomic E-state index is 14.6. The standard InChI is InChI=1S/C21H23FN6O2/c22-14-11-13(19(24)29)20(28-21(14)27-16-5-2-1-4-15(16)23)26-12-7-8-25-17(10-12)18-6-3-9-30-18/h3,6-11,15-16H,1-2,4-5,23H2,(H2,24,29)(H2,25,26,27,28). The van der Waals surface area contributed by atoms with Crippen molar-refractivity contribution in [3.8, 4) is 11.5 Å². The number of aromatic nitrogens is 2. The fraction of sp³-hybridized carbons (Fsp3) is 0.286. The summed E-state index contributed by atoms with van der Waals surface area (Å²) in [5, 5.41) is 6.14. The van der Waals surface area contributed by atoms with Crippen LogP contribution < -0.4 is 22.1 Å². The Bertz CT molecular complexity index is 1040. The monoisotopic (exact) mass is 410 g/mol. The summed E-state index contributed by atoms with van der Waals surface area (Å²) in [6.07, 6.45) is 6.92. The molecule has 3 heterocycles. The molecule has 0 aromatic carbocycles. The Hall–Kier alpha value is -3.46. The van der Waals surface area contributed by atoms with Gasteiger partial charge in [0.15, 0.2) is 17.4 Å². The maximum absolute atomic E-state index is 14.6. The minimum Gasteiger partial charge on any atom is -0.463 e. The van der Waals surface area contributed by atoms with Crippen LogP contribution in [0.25, 0.3) is 11.5 Å². The lowest BCUT2D eigenvalue weighted by Gasteiger charge is -2.30. The molecule has 0 saturated heterocycles. The van der Waals surface area contributed by atoms with Crippen molar-refractivity contribution in [1.29, 1.82) is 0 Å². The topological polar surface area (TPSA) is 132 Å². The summed E-state index contributed by atoms with van der Waals surface area (Å²) in [4.78, 5) is 20.5. The van der Waals surface area contributed by atoms with Gasteiger partial charge in [0.25, 0.3) is 5.91 Å². The first-order valence-electron chi connectivity index (χ1n) is 9.80. The number of furan rings is 1. The average Bonchev–Trinajstić information content (AvgIpc) is 3.27. The molecule has 1 saturated carbocycles. The fourth-order valence-corrected chi connectivity index (χ4v) is 3.59. The highest BCUT2D eigenvalue weighted by Gasteiger charge is 2.24. The number of anilines is 3. The molecule has 1 aliphatic carbocycles. The van der Waals surface area contributed by atoms with E-state index in [1.807, 2.05) is 0 Å². The number of nitrogens with two attached hydrogens (primary N) is 2. The summed E-state index contributed by atoms with van der Waals surface area (Å²) in [7, 11) is 0. The third-order valence-electron chi connectivity index (χ3n) is 5.18. The second-order valence-corrected chi connectivity index (χ2v) is 7.31. The van der Waals surface area contributed by atoms with E-state index in [1.54, 1.807) is 36.7 Å². The Morgan fingerprint density at radius 1 is 1.20 bits per heavy atom. The predicted molar refractivity (Wildman–Crippen MR) is 112 cm³/mol. The molecule has 9 heteroatoms. The molecule has 0 spiro atoms. The summed E-state index contributed by atoms with van der Waals surface area (Å²) in [6, 6.07) is 7.90. The van der Waals surface area contributed by atoms with Crippen LogP contribution in [0.1, 0.15) is 36.0 Å². The van der Waals surface area contributed by atoms with Gasteiger partial charge in [-0.1, -0.05) is 12.8 Å². The van der Waals surface area contributed by atoms with E-state index in [-0.39, 0.29) is 29.3 Å². The van der Waals surface area contributed by atoms with Crippen LogP contribution in [0.4, 0.5) is 21.7 Å². The highest BCUT2D eigenvalue weighted by molar-refractivity contribution is 5.98. The first-order chi connectivity index (χ1) is 14.5. The molecule has 8 nitrogen and oxygen atoms in total. The molecule has 4 rings (SSSR count). The quantitative estimate of drug-likeness (QED) is 0.489. The van der Waals surface area contributed by atoms with Gasteiger partial charge in [0.2, 0.25) is 0 Å². The van der Waals surface area contributed by atoms with E-state index < -0.39 is 11.7 Å². The zero-order valence-electron chi connectivity index (χ0n) is 16.3. The predicted octanol–water partition coefficient (Wildman–Crippen LogP) is 3.40. The van der Waals surface area contributed by atoms with Gasteiger partial charge in [-0.2, -0.15) is 0 Å². The van der Waals surface area contributed by atoms with Crippen LogP contribution in [-0.4, -0.2) is 28.0 Å². The van der Waals surface area contributed by atoms with Gasteiger partial charge >= 0.3 is 0 Å². The van der Waals surface area contributed by atoms with Gasteiger partial charge in [-0.25, -0.2) is 9.37 Å². The van der Waals surface area contributed by atoms with Gasteiger partial charge in [-0.3, -0.25) is 9.78 Å². The number of hydrogen-bond donors (Lipinski definition) is 4. The third-order valence-corrected chi connectivity index (χ3v) is 5.18. The highest BCUT2D eigenvalue weighted by Crippen LogP contribution is 2.28. The van der Waals surface area contributed by atoms with E-state index in [2.05, 4.69) is 20.6 Å². The second kappa shape index (κ2) is 8.50. The molecule has 6 N–H and O–H groups in total. The summed E-state index contributed by atoms with van der Waals surface area (Å²) < 4.78 is 20.0. The van der Waals surface area contributed by atoms with Gasteiger partial charge in [0, 0.05) is 24.0 Å². The van der Waals surface area contributed by atoms with E-state index in [1.165, 1.54) is 0 Å². The number of carbonyl (C=O) groups excluding carboxylic acids is 1. The van der Waals surface area contributed by atoms with Crippen molar-refractivity contribution in [1.82, 2.24) is 9.97 Å². The van der Waals surface area contributed by atoms with Crippen LogP contribution >= 0.6 is 0 Å². The lowest BCUT2D eigenvalue weighted by atomic mass is 9.91. The third kappa shape index (κ3) is 4.25. The fourth-order valence-electron chi connectivity index (χ4n) is 3.59. The number of pyridine rings is 2. The summed E-state index contributed by atoms with van der Waals surface area (Å²) in [5.74, 6) is -0.671. The van der Waals surface area contributed by atoms with Crippen molar-refractivity contribution in [2.75, 3.05) is 10.6 Å². The second-order valence-electron chi connectivity index (χ2n) is 7.31. The molecule has 2 atom stereocenters. The van der Waals surface area contributed by atoms with Crippen LogP contribution in [0, 0.1) is 5.82 Å². The molecule has 0 aliphatic heterocycles. The van der Waals surface area contributed by atoms with Gasteiger partial charge in [-0.15, -0.1) is 0 Å². The van der Waals surface area contributed by atoms with Crippen molar-refractivity contribution in [2.45, 2.75) is 37.8 Å². The number of primary amides is 1. The number of nitrogens with zero attached hydrogens (tertiary/aromatic N) is 2. The number of rotatable bonds is 6. The first-order valence-corrected chi connectivity index (χ1v) is 9.80. The lowest BCUT2D eigenvalue weighted by molar-refractivity contribution is 0.100. The van der Waals surface area contributed by atoms with Crippen LogP contribution in [0.2, 0.25) is 0 Å². The first kappa shape index (κ1) is 19.8. The molecule has 30 heavy (non-hydrogen) atoms. The lowest BCUT2D eigenvalue weighted by Crippen LogP contribution is -2.43. The molecule has 1 aliphatic rings. The number of carbonyl (C=O) groups is 1. The molecular formula is C21H23FN6O2. The molecular weight excluding hydrogens is 387 g/mol. The van der Waals surface area contributed by atoms with E-state index in [0.717, 1.165) is 31.7 Å². The molecule has 1 amide bonds. The van der Waals surface area contributed by atoms with Gasteiger partial charge in [0.05, 0.1) is 11.8 Å². The normalized spacial score (nSPS) is 18.7. The summed E-state index contributed by atoms with van der Waals surface area (Å²) in [5.41, 5.74) is 12.7. The van der Waals surface area contributed by atoms with Crippen LogP contribution in [0.15, 0.2) is 47.2 Å². The highest BCUT2D eigenvalue weighted by atomic mass is 19.1. The smallest absolute Gasteiger partial charge is 0.252 e. The van der Waals surface area contributed by atoms with E-state index in [0.29, 0.717) is 17.1 Å². The Labute approximate surface area is 172 Å². The molecule has 3 aromatic heterocycles. The maximum Gasteiger partial charge on any atom is 0.252 e. The van der Waals surface area contributed by atoms with E-state index in [4.69, 9.17) is 15.9 Å².